The lowest BCUT2D eigenvalue weighted by Crippen LogP contribution is -2.49. The van der Waals surface area contributed by atoms with Crippen LogP contribution in [-0.4, -0.2) is 5.91 Å². The lowest BCUT2D eigenvalue weighted by atomic mass is 9.60. The van der Waals surface area contributed by atoms with Crippen LogP contribution >= 0.6 is 0 Å². The van der Waals surface area contributed by atoms with Crippen molar-refractivity contribution in [1.82, 2.24) is 0 Å². The fraction of sp³-hybridized carbons (Fsp3) is 0.0889. The Morgan fingerprint density at radius 1 is 0.580 bits per heavy atom. The molecule has 242 valence electrons. The molecule has 3 aliphatic rings. The number of carbonyl (C=O) groups is 1. The van der Waals surface area contributed by atoms with Crippen molar-refractivity contribution in [2.24, 2.45) is 0 Å². The Morgan fingerprint density at radius 2 is 1.10 bits per heavy atom. The van der Waals surface area contributed by atoms with Gasteiger partial charge in [-0.05, 0) is 79.4 Å². The van der Waals surface area contributed by atoms with E-state index >= 15 is 4.79 Å². The largest absolute Gasteiger partial charge is 0.416 e. The molecule has 5 heteroatoms. The summed E-state index contributed by atoms with van der Waals surface area (Å²) in [7, 11) is 0. The third kappa shape index (κ3) is 4.32. The monoisotopic (exact) mass is 657 g/mol. The molecule has 2 unspecified atom stereocenters. The van der Waals surface area contributed by atoms with Crippen LogP contribution < -0.4 is 4.90 Å². The molecular weight excluding hydrogens is 627 g/mol. The van der Waals surface area contributed by atoms with E-state index in [-0.39, 0.29) is 12.5 Å². The Hall–Kier alpha value is -5.94. The third-order valence-corrected chi connectivity index (χ3v) is 10.4. The summed E-state index contributed by atoms with van der Waals surface area (Å²) in [6.45, 7) is 0.229. The number of halogens is 3. The maximum absolute atomic E-state index is 15.5. The van der Waals surface area contributed by atoms with Gasteiger partial charge in [0.2, 0.25) is 5.91 Å². The highest BCUT2D eigenvalue weighted by molar-refractivity contribution is 6.35. The van der Waals surface area contributed by atoms with Gasteiger partial charge in [0.25, 0.3) is 0 Å². The molecule has 1 heterocycles. The number of benzene rings is 6. The molecule has 0 aromatic heterocycles. The second-order valence-corrected chi connectivity index (χ2v) is 13.1. The first kappa shape index (κ1) is 30.1. The van der Waals surface area contributed by atoms with Crippen LogP contribution in [0.3, 0.4) is 0 Å². The predicted molar refractivity (Wildman–Crippen MR) is 193 cm³/mol. The highest BCUT2D eigenvalue weighted by atomic mass is 19.4. The summed E-state index contributed by atoms with van der Waals surface area (Å²) in [6, 6.07) is 51.5. The Labute approximate surface area is 288 Å². The molecule has 0 saturated heterocycles. The molecule has 50 heavy (non-hydrogen) atoms. The van der Waals surface area contributed by atoms with Gasteiger partial charge in [-0.1, -0.05) is 146 Å². The molecule has 2 aliphatic carbocycles. The number of amides is 1. The smallest absolute Gasteiger partial charge is 0.307 e. The second-order valence-electron chi connectivity index (χ2n) is 13.1. The number of anilines is 1. The van der Waals surface area contributed by atoms with Gasteiger partial charge in [0.05, 0.1) is 23.4 Å². The van der Waals surface area contributed by atoms with E-state index in [1.54, 1.807) is 4.90 Å². The van der Waals surface area contributed by atoms with Gasteiger partial charge in [0, 0.05) is 5.69 Å². The maximum atomic E-state index is 15.5. The summed E-state index contributed by atoms with van der Waals surface area (Å²) in [6.07, 6.45) is -4.60. The van der Waals surface area contributed by atoms with Crippen LogP contribution in [0, 0.1) is 0 Å². The van der Waals surface area contributed by atoms with Gasteiger partial charge >= 0.3 is 6.18 Å². The standard InChI is InChI=1S/C45H30F3NO/c46-45(47,48)33-25-26-37-36(27-33)44-40(32-21-11-4-12-22-32)38(30-17-7-2-8-18-30)39(31-19-9-3-10-20-31)41(44)34-23-13-14-24-35(34)42(44)43(50)49(37)28-29-15-5-1-6-16-29/h1-27,42H,28H2. The maximum Gasteiger partial charge on any atom is 0.416 e. The topological polar surface area (TPSA) is 20.3 Å². The van der Waals surface area contributed by atoms with E-state index in [1.165, 1.54) is 12.1 Å². The van der Waals surface area contributed by atoms with Crippen molar-refractivity contribution in [3.05, 3.63) is 208 Å². The van der Waals surface area contributed by atoms with E-state index in [0.717, 1.165) is 61.7 Å². The van der Waals surface area contributed by atoms with Crippen molar-refractivity contribution in [3.8, 4) is 0 Å². The molecule has 2 atom stereocenters. The molecule has 9 rings (SSSR count). The molecule has 0 bridgehead atoms. The number of hydrogen-bond acceptors (Lipinski definition) is 1. The molecule has 0 radical (unpaired) electrons. The molecule has 1 spiro atoms. The van der Waals surface area contributed by atoms with Crippen molar-refractivity contribution < 1.29 is 18.0 Å². The minimum atomic E-state index is -4.60. The van der Waals surface area contributed by atoms with E-state index in [1.807, 2.05) is 121 Å². The number of rotatable bonds is 5. The van der Waals surface area contributed by atoms with Gasteiger partial charge in [-0.3, -0.25) is 4.79 Å². The second kappa shape index (κ2) is 11.3. The molecule has 6 aromatic rings. The minimum Gasteiger partial charge on any atom is -0.307 e. The Bertz CT molecular complexity index is 2310. The highest BCUT2D eigenvalue weighted by Crippen LogP contribution is 2.73. The molecule has 1 amide bonds. The van der Waals surface area contributed by atoms with Gasteiger partial charge in [-0.15, -0.1) is 0 Å². The zero-order chi connectivity index (χ0) is 34.0. The molecule has 0 fully saturated rings. The molecule has 0 saturated carbocycles. The predicted octanol–water partition coefficient (Wildman–Crippen LogP) is 10.8. The van der Waals surface area contributed by atoms with Crippen molar-refractivity contribution >= 4 is 33.9 Å². The van der Waals surface area contributed by atoms with Gasteiger partial charge in [0.1, 0.15) is 0 Å². The summed E-state index contributed by atoms with van der Waals surface area (Å²) in [5, 5.41) is 0. The fourth-order valence-electron chi connectivity index (χ4n) is 8.59. The van der Waals surface area contributed by atoms with Crippen LogP contribution in [0.1, 0.15) is 50.4 Å². The zero-order valence-corrected chi connectivity index (χ0v) is 26.9. The number of nitrogens with zero attached hydrogens (tertiary/aromatic N) is 1. The normalized spacial score (nSPS) is 19.3. The van der Waals surface area contributed by atoms with E-state index in [9.17, 15) is 13.2 Å². The van der Waals surface area contributed by atoms with Crippen LogP contribution in [0.15, 0.2) is 164 Å². The first-order valence-corrected chi connectivity index (χ1v) is 16.7. The summed E-state index contributed by atoms with van der Waals surface area (Å²) in [4.78, 5) is 17.2. The van der Waals surface area contributed by atoms with Crippen LogP contribution in [0.25, 0.3) is 22.3 Å². The third-order valence-electron chi connectivity index (χ3n) is 10.4. The summed E-state index contributed by atoms with van der Waals surface area (Å²) in [5.74, 6) is -0.956. The van der Waals surface area contributed by atoms with Crippen LogP contribution in [0.4, 0.5) is 18.9 Å². The van der Waals surface area contributed by atoms with Crippen LogP contribution in [0.2, 0.25) is 0 Å². The Balaban J connectivity index is 1.50. The van der Waals surface area contributed by atoms with E-state index in [0.29, 0.717) is 11.3 Å². The van der Waals surface area contributed by atoms with Crippen molar-refractivity contribution in [2.45, 2.75) is 24.1 Å². The number of alkyl halides is 3. The SMILES string of the molecule is O=C1C2c3ccccc3C3=C(c4ccccc4)C(c4ccccc4)=C(c4ccccc4)C32c2cc(C(F)(F)F)ccc2N1Cc1ccccc1. The minimum absolute atomic E-state index is 0.140. The fourth-order valence-corrected chi connectivity index (χ4v) is 8.59. The Kier molecular flexibility index (Phi) is 6.82. The first-order valence-electron chi connectivity index (χ1n) is 16.7. The molecule has 1 aliphatic heterocycles. The zero-order valence-electron chi connectivity index (χ0n) is 26.9. The molecule has 0 N–H and O–H groups in total. The van der Waals surface area contributed by atoms with Crippen molar-refractivity contribution in [2.75, 3.05) is 4.90 Å². The average Bonchev–Trinajstić information content (AvgIpc) is 3.63. The van der Waals surface area contributed by atoms with Crippen LogP contribution in [-0.2, 0) is 22.9 Å². The van der Waals surface area contributed by atoms with Gasteiger partial charge in [-0.25, -0.2) is 0 Å². The summed E-state index contributed by atoms with van der Waals surface area (Å²) >= 11 is 0. The van der Waals surface area contributed by atoms with E-state index in [4.69, 9.17) is 0 Å². The lowest BCUT2D eigenvalue weighted by molar-refractivity contribution is -0.137. The van der Waals surface area contributed by atoms with E-state index < -0.39 is 23.1 Å². The van der Waals surface area contributed by atoms with E-state index in [2.05, 4.69) is 24.3 Å². The van der Waals surface area contributed by atoms with Gasteiger partial charge < -0.3 is 4.90 Å². The average molecular weight is 658 g/mol. The first-order chi connectivity index (χ1) is 24.4. The molecule has 6 aromatic carbocycles. The summed E-state index contributed by atoms with van der Waals surface area (Å²) in [5.41, 5.74) is 7.87. The van der Waals surface area contributed by atoms with Crippen molar-refractivity contribution in [1.29, 1.82) is 0 Å². The highest BCUT2D eigenvalue weighted by Gasteiger charge is 2.65. The number of carbonyl (C=O) groups excluding carboxylic acids is 1. The Morgan fingerprint density at radius 3 is 1.70 bits per heavy atom. The van der Waals surface area contributed by atoms with Gasteiger partial charge in [-0.2, -0.15) is 13.2 Å². The lowest BCUT2D eigenvalue weighted by Gasteiger charge is -2.46. The van der Waals surface area contributed by atoms with Crippen LogP contribution in [0.5, 0.6) is 0 Å². The quantitative estimate of drug-likeness (QED) is 0.181. The van der Waals surface area contributed by atoms with Crippen molar-refractivity contribution in [3.63, 3.8) is 0 Å². The van der Waals surface area contributed by atoms with Gasteiger partial charge in [0.15, 0.2) is 0 Å². The number of allylic oxidation sites excluding steroid dienone is 4. The summed E-state index contributed by atoms with van der Waals surface area (Å²) < 4.78 is 44.5. The molecule has 2 nitrogen and oxygen atoms in total. The number of fused-ring (bicyclic) bond motifs is 4. The molecular formula is C45H30F3NO. The number of hydrogen-bond donors (Lipinski definition) is 0.